The molecule has 0 fully saturated rings. The predicted octanol–water partition coefficient (Wildman–Crippen LogP) is 1.78. The molecule has 1 aromatic carbocycles. The molecule has 84 valence electrons. The zero-order valence-corrected chi connectivity index (χ0v) is 9.39. The zero-order chi connectivity index (χ0) is 11.5. The predicted molar refractivity (Wildman–Crippen MR) is 66.1 cm³/mol. The summed E-state index contributed by atoms with van der Waals surface area (Å²) in [5.74, 6) is -0.257. The quantitative estimate of drug-likeness (QED) is 0.837. The van der Waals surface area contributed by atoms with E-state index in [2.05, 4.69) is 17.1 Å². The van der Waals surface area contributed by atoms with Gasteiger partial charge in [0.1, 0.15) is 6.04 Å². The zero-order valence-electron chi connectivity index (χ0n) is 9.39. The number of primary amides is 1. The van der Waals surface area contributed by atoms with Gasteiger partial charge in [-0.3, -0.25) is 4.79 Å². The van der Waals surface area contributed by atoms with Crippen molar-refractivity contribution in [1.82, 2.24) is 0 Å². The van der Waals surface area contributed by atoms with Crippen molar-refractivity contribution in [2.45, 2.75) is 19.4 Å². The Morgan fingerprint density at radius 3 is 2.94 bits per heavy atom. The minimum Gasteiger partial charge on any atom is -0.368 e. The highest BCUT2D eigenvalue weighted by Gasteiger charge is 2.24. The number of fused-ring (bicyclic) bond motifs is 1. The van der Waals surface area contributed by atoms with Crippen LogP contribution in [0.5, 0.6) is 0 Å². The van der Waals surface area contributed by atoms with Crippen molar-refractivity contribution in [3.05, 3.63) is 35.9 Å². The number of amides is 1. The van der Waals surface area contributed by atoms with Crippen molar-refractivity contribution >= 4 is 17.7 Å². The van der Waals surface area contributed by atoms with E-state index in [4.69, 9.17) is 5.73 Å². The van der Waals surface area contributed by atoms with Crippen LogP contribution in [0.2, 0.25) is 0 Å². The summed E-state index contributed by atoms with van der Waals surface area (Å²) in [6, 6.07) is 7.85. The van der Waals surface area contributed by atoms with Gasteiger partial charge in [0.25, 0.3) is 0 Å². The minimum atomic E-state index is -0.257. The molecule has 2 N–H and O–H groups in total. The van der Waals surface area contributed by atoms with E-state index < -0.39 is 0 Å². The van der Waals surface area contributed by atoms with Crippen molar-refractivity contribution in [1.29, 1.82) is 0 Å². The maximum absolute atomic E-state index is 11.4. The molecule has 0 bridgehead atoms. The Morgan fingerprint density at radius 2 is 2.25 bits per heavy atom. The number of hydrogen-bond acceptors (Lipinski definition) is 2. The van der Waals surface area contributed by atoms with Gasteiger partial charge in [0, 0.05) is 12.2 Å². The Bertz CT molecular complexity index is 426. The molecule has 1 aliphatic rings. The lowest BCUT2D eigenvalue weighted by molar-refractivity contribution is -0.119. The maximum atomic E-state index is 11.4. The van der Waals surface area contributed by atoms with E-state index in [-0.39, 0.29) is 11.9 Å². The summed E-state index contributed by atoms with van der Waals surface area (Å²) < 4.78 is 0. The summed E-state index contributed by atoms with van der Waals surface area (Å²) in [5, 5.41) is 0. The first-order valence-electron chi connectivity index (χ1n) is 5.55. The fraction of sp³-hybridized carbons (Fsp3) is 0.308. The Hall–Kier alpha value is -1.77. The molecule has 0 saturated heterocycles. The van der Waals surface area contributed by atoms with E-state index in [0.717, 1.165) is 24.2 Å². The van der Waals surface area contributed by atoms with E-state index in [0.29, 0.717) is 0 Å². The van der Waals surface area contributed by atoms with Gasteiger partial charge >= 0.3 is 0 Å². The summed E-state index contributed by atoms with van der Waals surface area (Å²) in [7, 11) is 0. The fourth-order valence-electron chi connectivity index (χ4n) is 2.15. The molecule has 1 aliphatic heterocycles. The number of carbonyl (C=O) groups is 1. The molecule has 0 aliphatic carbocycles. The molecular formula is C13H16N2O. The van der Waals surface area contributed by atoms with E-state index in [9.17, 15) is 4.79 Å². The second kappa shape index (κ2) is 4.39. The van der Waals surface area contributed by atoms with Gasteiger partial charge in [-0.15, -0.1) is 0 Å². The smallest absolute Gasteiger partial charge is 0.240 e. The average molecular weight is 216 g/mol. The largest absolute Gasteiger partial charge is 0.368 e. The first-order chi connectivity index (χ1) is 7.74. The summed E-state index contributed by atoms with van der Waals surface area (Å²) >= 11 is 0. The molecule has 0 radical (unpaired) electrons. The second-order valence-corrected chi connectivity index (χ2v) is 3.94. The molecule has 3 heteroatoms. The highest BCUT2D eigenvalue weighted by atomic mass is 16.1. The third-order valence-electron chi connectivity index (χ3n) is 2.94. The van der Waals surface area contributed by atoms with Crippen molar-refractivity contribution in [3.63, 3.8) is 0 Å². The highest BCUT2D eigenvalue weighted by molar-refractivity contribution is 5.85. The lowest BCUT2D eigenvalue weighted by atomic mass is 10.0. The third-order valence-corrected chi connectivity index (χ3v) is 2.94. The molecular weight excluding hydrogens is 200 g/mol. The minimum absolute atomic E-state index is 0.217. The van der Waals surface area contributed by atoms with Crippen LogP contribution in [0.3, 0.4) is 0 Å². The van der Waals surface area contributed by atoms with Crippen molar-refractivity contribution in [3.8, 4) is 0 Å². The van der Waals surface area contributed by atoms with Crippen molar-refractivity contribution < 1.29 is 4.79 Å². The van der Waals surface area contributed by atoms with Crippen LogP contribution in [-0.4, -0.2) is 18.5 Å². The lowest BCUT2D eigenvalue weighted by Gasteiger charge is -2.33. The van der Waals surface area contributed by atoms with Gasteiger partial charge < -0.3 is 10.6 Å². The number of rotatable bonds is 3. The van der Waals surface area contributed by atoms with Crippen molar-refractivity contribution in [2.24, 2.45) is 5.73 Å². The topological polar surface area (TPSA) is 46.3 Å². The lowest BCUT2D eigenvalue weighted by Crippen LogP contribution is -2.45. The van der Waals surface area contributed by atoms with Gasteiger partial charge in [0.2, 0.25) is 5.91 Å². The van der Waals surface area contributed by atoms with Gasteiger partial charge in [0.05, 0.1) is 0 Å². The summed E-state index contributed by atoms with van der Waals surface area (Å²) in [6.45, 7) is 2.73. The molecule has 1 amide bonds. The molecule has 0 aromatic heterocycles. The van der Waals surface area contributed by atoms with E-state index >= 15 is 0 Å². The molecule has 2 rings (SSSR count). The van der Waals surface area contributed by atoms with Crippen LogP contribution >= 0.6 is 0 Å². The average Bonchev–Trinajstić information content (AvgIpc) is 2.30. The Balaban J connectivity index is 2.37. The Labute approximate surface area is 95.6 Å². The molecule has 1 atom stereocenters. The van der Waals surface area contributed by atoms with Gasteiger partial charge in [0.15, 0.2) is 0 Å². The first-order valence-corrected chi connectivity index (χ1v) is 5.55. The summed E-state index contributed by atoms with van der Waals surface area (Å²) in [4.78, 5) is 13.5. The van der Waals surface area contributed by atoms with Crippen LogP contribution in [0.25, 0.3) is 6.08 Å². The van der Waals surface area contributed by atoms with Gasteiger partial charge in [-0.25, -0.2) is 0 Å². The first kappa shape index (κ1) is 10.7. The summed E-state index contributed by atoms with van der Waals surface area (Å²) in [5.41, 5.74) is 7.67. The van der Waals surface area contributed by atoms with Gasteiger partial charge in [-0.05, 0) is 18.1 Å². The molecule has 3 nitrogen and oxygen atoms in total. The Morgan fingerprint density at radius 1 is 1.50 bits per heavy atom. The number of benzene rings is 1. The number of hydrogen-bond donors (Lipinski definition) is 1. The number of nitrogens with zero attached hydrogens (tertiary/aromatic N) is 1. The highest BCUT2D eigenvalue weighted by Crippen LogP contribution is 2.27. The maximum Gasteiger partial charge on any atom is 0.240 e. The molecule has 1 heterocycles. The molecule has 1 aromatic rings. The van der Waals surface area contributed by atoms with Crippen molar-refractivity contribution in [2.75, 3.05) is 11.4 Å². The van der Waals surface area contributed by atoms with E-state index in [1.165, 1.54) is 0 Å². The van der Waals surface area contributed by atoms with Crippen LogP contribution < -0.4 is 10.6 Å². The van der Waals surface area contributed by atoms with Crippen LogP contribution in [0.1, 0.15) is 18.9 Å². The van der Waals surface area contributed by atoms with Gasteiger partial charge in [-0.1, -0.05) is 37.3 Å². The standard InChI is InChI=1S/C13H16N2O/c1-2-11(13(14)16)15-9-5-7-10-6-3-4-8-12(10)15/h3-8,11H,2,9H2,1H3,(H2,14,16). The van der Waals surface area contributed by atoms with Crippen LogP contribution in [0.15, 0.2) is 30.3 Å². The van der Waals surface area contributed by atoms with Crippen LogP contribution in [-0.2, 0) is 4.79 Å². The third kappa shape index (κ3) is 1.81. The molecule has 1 unspecified atom stereocenters. The van der Waals surface area contributed by atoms with Crippen LogP contribution in [0.4, 0.5) is 5.69 Å². The van der Waals surface area contributed by atoms with E-state index in [1.807, 2.05) is 31.2 Å². The molecule has 0 saturated carbocycles. The van der Waals surface area contributed by atoms with Crippen LogP contribution in [0, 0.1) is 0 Å². The number of carbonyl (C=O) groups excluding carboxylic acids is 1. The number of para-hydroxylation sites is 1. The van der Waals surface area contributed by atoms with E-state index in [1.54, 1.807) is 0 Å². The molecule has 0 spiro atoms. The number of nitrogens with two attached hydrogens (primary N) is 1. The Kier molecular flexibility index (Phi) is 2.95. The normalized spacial score (nSPS) is 15.7. The molecule has 16 heavy (non-hydrogen) atoms. The fourth-order valence-corrected chi connectivity index (χ4v) is 2.15. The van der Waals surface area contributed by atoms with Gasteiger partial charge in [-0.2, -0.15) is 0 Å². The monoisotopic (exact) mass is 216 g/mol. The number of anilines is 1. The summed E-state index contributed by atoms with van der Waals surface area (Å²) in [6.07, 6.45) is 4.88. The second-order valence-electron chi connectivity index (χ2n) is 3.94. The SMILES string of the molecule is CCC(C(N)=O)N1CC=Cc2ccccc21.